The van der Waals surface area contributed by atoms with Crippen molar-refractivity contribution in [1.82, 2.24) is 0 Å². The second-order valence-electron chi connectivity index (χ2n) is 7.25. The fourth-order valence-electron chi connectivity index (χ4n) is 2.93. The minimum absolute atomic E-state index is 0.0536. The molecule has 1 saturated carbocycles. The van der Waals surface area contributed by atoms with E-state index in [4.69, 9.17) is 4.74 Å². The fraction of sp³-hybridized carbons (Fsp3) is 0.529. The normalized spacial score (nSPS) is 21.8. The molecular weight excluding hydrogens is 344 g/mol. The van der Waals surface area contributed by atoms with Crippen molar-refractivity contribution in [3.05, 3.63) is 34.9 Å². The van der Waals surface area contributed by atoms with E-state index >= 15 is 0 Å². The second-order valence-corrected chi connectivity index (χ2v) is 7.25. The summed E-state index contributed by atoms with van der Waals surface area (Å²) in [7, 11) is 0. The number of aliphatic hydroxyl groups is 1. The Bertz CT molecular complexity index is 711. The van der Waals surface area contributed by atoms with Crippen molar-refractivity contribution in [3.8, 4) is 0 Å². The van der Waals surface area contributed by atoms with Gasteiger partial charge in [-0.15, -0.1) is 0 Å². The predicted octanol–water partition coefficient (Wildman–Crippen LogP) is 2.90. The molecule has 8 heteroatoms. The number of esters is 1. The van der Waals surface area contributed by atoms with Gasteiger partial charge in [-0.3, -0.25) is 9.59 Å². The summed E-state index contributed by atoms with van der Waals surface area (Å²) in [6, 6.07) is 0.0536. The standard InChI is InChI=1S/C17H18F4O4/c1-16(2)10(14(22)17(3,4)24)11(16)15(23)25-6-7-12(20)8(18)5-9(19)13(7)21/h5,10-11,24H,6H2,1-4H3. The van der Waals surface area contributed by atoms with Gasteiger partial charge in [-0.2, -0.15) is 0 Å². The molecule has 2 rings (SSSR count). The maximum atomic E-state index is 13.6. The lowest BCUT2D eigenvalue weighted by atomic mass is 9.95. The first-order valence-electron chi connectivity index (χ1n) is 7.55. The van der Waals surface area contributed by atoms with Crippen LogP contribution in [0.15, 0.2) is 6.07 Å². The molecule has 138 valence electrons. The van der Waals surface area contributed by atoms with Gasteiger partial charge in [0.25, 0.3) is 0 Å². The quantitative estimate of drug-likeness (QED) is 0.497. The molecule has 0 bridgehead atoms. The van der Waals surface area contributed by atoms with E-state index in [1.807, 2.05) is 0 Å². The van der Waals surface area contributed by atoms with E-state index in [1.54, 1.807) is 13.8 Å². The van der Waals surface area contributed by atoms with Gasteiger partial charge < -0.3 is 9.84 Å². The highest BCUT2D eigenvalue weighted by atomic mass is 19.2. The van der Waals surface area contributed by atoms with Crippen molar-refractivity contribution >= 4 is 11.8 Å². The predicted molar refractivity (Wildman–Crippen MR) is 78.1 cm³/mol. The summed E-state index contributed by atoms with van der Waals surface area (Å²) < 4.78 is 58.2. The third-order valence-electron chi connectivity index (χ3n) is 4.53. The summed E-state index contributed by atoms with van der Waals surface area (Å²) in [6.45, 7) is 4.77. The van der Waals surface area contributed by atoms with E-state index in [0.29, 0.717) is 0 Å². The molecule has 1 aliphatic carbocycles. The third kappa shape index (κ3) is 3.40. The highest BCUT2D eigenvalue weighted by Crippen LogP contribution is 2.60. The van der Waals surface area contributed by atoms with Crippen molar-refractivity contribution in [2.24, 2.45) is 17.3 Å². The SMILES string of the molecule is CC(C)(O)C(=O)C1C(C(=O)OCc2c(F)c(F)cc(F)c2F)C1(C)C. The van der Waals surface area contributed by atoms with Crippen LogP contribution in [0.4, 0.5) is 17.6 Å². The molecule has 1 aliphatic rings. The molecule has 0 aliphatic heterocycles. The zero-order valence-corrected chi connectivity index (χ0v) is 14.1. The molecule has 0 spiro atoms. The largest absolute Gasteiger partial charge is 0.460 e. The van der Waals surface area contributed by atoms with E-state index in [0.717, 1.165) is 0 Å². The molecule has 0 radical (unpaired) electrons. The van der Waals surface area contributed by atoms with Crippen LogP contribution >= 0.6 is 0 Å². The number of hydrogen-bond acceptors (Lipinski definition) is 4. The number of halogens is 4. The van der Waals surface area contributed by atoms with Gasteiger partial charge in [-0.25, -0.2) is 17.6 Å². The molecule has 0 heterocycles. The molecule has 0 aromatic heterocycles. The molecule has 1 aromatic carbocycles. The van der Waals surface area contributed by atoms with Gasteiger partial charge in [0, 0.05) is 12.0 Å². The van der Waals surface area contributed by atoms with Crippen LogP contribution in [-0.2, 0) is 20.9 Å². The van der Waals surface area contributed by atoms with E-state index < -0.39 is 70.0 Å². The van der Waals surface area contributed by atoms with Gasteiger partial charge in [0.2, 0.25) is 0 Å². The van der Waals surface area contributed by atoms with Crippen LogP contribution < -0.4 is 0 Å². The van der Waals surface area contributed by atoms with Crippen LogP contribution in [0, 0.1) is 40.5 Å². The molecule has 1 N–H and O–H groups in total. The van der Waals surface area contributed by atoms with Crippen LogP contribution in [0.1, 0.15) is 33.3 Å². The van der Waals surface area contributed by atoms with Crippen molar-refractivity contribution in [2.45, 2.75) is 39.9 Å². The topological polar surface area (TPSA) is 63.6 Å². The van der Waals surface area contributed by atoms with E-state index in [2.05, 4.69) is 0 Å². The molecular formula is C17H18F4O4. The molecule has 1 aromatic rings. The first-order valence-corrected chi connectivity index (χ1v) is 7.55. The molecule has 2 unspecified atom stereocenters. The lowest BCUT2D eigenvalue weighted by Crippen LogP contribution is -2.34. The number of rotatable bonds is 5. The smallest absolute Gasteiger partial charge is 0.310 e. The van der Waals surface area contributed by atoms with Crippen LogP contribution in [-0.4, -0.2) is 22.5 Å². The Morgan fingerprint density at radius 3 is 2.04 bits per heavy atom. The summed E-state index contributed by atoms with van der Waals surface area (Å²) in [5, 5.41) is 9.79. The Hall–Kier alpha value is -1.96. The van der Waals surface area contributed by atoms with Crippen molar-refractivity contribution in [1.29, 1.82) is 0 Å². The number of hydrogen-bond donors (Lipinski definition) is 1. The molecule has 4 nitrogen and oxygen atoms in total. The summed E-state index contributed by atoms with van der Waals surface area (Å²) >= 11 is 0. The molecule has 1 fully saturated rings. The molecule has 25 heavy (non-hydrogen) atoms. The third-order valence-corrected chi connectivity index (χ3v) is 4.53. The number of ketones is 1. The van der Waals surface area contributed by atoms with Gasteiger partial charge >= 0.3 is 5.97 Å². The molecule has 0 saturated heterocycles. The number of ether oxygens (including phenoxy) is 1. The summed E-state index contributed by atoms with van der Waals surface area (Å²) in [4.78, 5) is 24.3. The minimum Gasteiger partial charge on any atom is -0.460 e. The van der Waals surface area contributed by atoms with Crippen molar-refractivity contribution < 1.29 is 37.0 Å². The summed E-state index contributed by atoms with van der Waals surface area (Å²) in [5.74, 6) is -9.74. The Balaban J connectivity index is 2.14. The Kier molecular flexibility index (Phi) is 4.71. The Labute approximate surface area is 141 Å². The van der Waals surface area contributed by atoms with Gasteiger partial charge in [-0.05, 0) is 19.3 Å². The highest BCUT2D eigenvalue weighted by molar-refractivity contribution is 5.97. The summed E-state index contributed by atoms with van der Waals surface area (Å²) in [6.07, 6.45) is 0. The number of benzene rings is 1. The second kappa shape index (κ2) is 6.09. The Morgan fingerprint density at radius 2 is 1.60 bits per heavy atom. The van der Waals surface area contributed by atoms with Crippen molar-refractivity contribution in [3.63, 3.8) is 0 Å². The zero-order chi connectivity index (χ0) is 19.3. The first kappa shape index (κ1) is 19.4. The first-order chi connectivity index (χ1) is 11.3. The average Bonchev–Trinajstić information content (AvgIpc) is 3.05. The summed E-state index contributed by atoms with van der Waals surface area (Å²) in [5.41, 5.74) is -3.51. The van der Waals surface area contributed by atoms with Crippen LogP contribution in [0.2, 0.25) is 0 Å². The van der Waals surface area contributed by atoms with E-state index in [-0.39, 0.29) is 6.07 Å². The maximum absolute atomic E-state index is 13.6. The number of carbonyl (C=O) groups excluding carboxylic acids is 2. The van der Waals surface area contributed by atoms with Crippen LogP contribution in [0.25, 0.3) is 0 Å². The fourth-order valence-corrected chi connectivity index (χ4v) is 2.93. The number of Topliss-reactive ketones (excluding diaryl/α,β-unsaturated/α-hetero) is 1. The Morgan fingerprint density at radius 1 is 1.12 bits per heavy atom. The zero-order valence-electron chi connectivity index (χ0n) is 14.1. The molecule has 0 amide bonds. The van der Waals surface area contributed by atoms with Gasteiger partial charge in [0.05, 0.1) is 11.5 Å². The molecule has 2 atom stereocenters. The van der Waals surface area contributed by atoms with Crippen LogP contribution in [0.3, 0.4) is 0 Å². The van der Waals surface area contributed by atoms with Gasteiger partial charge in [0.1, 0.15) is 12.2 Å². The van der Waals surface area contributed by atoms with Crippen LogP contribution in [0.5, 0.6) is 0 Å². The highest BCUT2D eigenvalue weighted by Gasteiger charge is 2.67. The maximum Gasteiger partial charge on any atom is 0.310 e. The minimum atomic E-state index is -1.65. The average molecular weight is 362 g/mol. The number of carbonyl (C=O) groups is 2. The monoisotopic (exact) mass is 362 g/mol. The van der Waals surface area contributed by atoms with Gasteiger partial charge in [-0.1, -0.05) is 13.8 Å². The van der Waals surface area contributed by atoms with Gasteiger partial charge in [0.15, 0.2) is 29.1 Å². The van der Waals surface area contributed by atoms with Crippen molar-refractivity contribution in [2.75, 3.05) is 0 Å². The van der Waals surface area contributed by atoms with E-state index in [9.17, 15) is 32.3 Å². The lowest BCUT2D eigenvalue weighted by molar-refractivity contribution is -0.149. The lowest BCUT2D eigenvalue weighted by Gasteiger charge is -2.16. The van der Waals surface area contributed by atoms with E-state index in [1.165, 1.54) is 13.8 Å².